The van der Waals surface area contributed by atoms with Gasteiger partial charge in [0.1, 0.15) is 5.82 Å². The van der Waals surface area contributed by atoms with E-state index in [1.165, 1.54) is 0 Å². The lowest BCUT2D eigenvalue weighted by atomic mass is 10.1. The summed E-state index contributed by atoms with van der Waals surface area (Å²) in [6.07, 6.45) is 2.27. The number of pyridine rings is 1. The van der Waals surface area contributed by atoms with Crippen molar-refractivity contribution in [3.8, 4) is 0 Å². The molecule has 1 aromatic heterocycles. The second-order valence-corrected chi connectivity index (χ2v) is 6.36. The third-order valence-corrected chi connectivity index (χ3v) is 3.98. The van der Waals surface area contributed by atoms with Crippen molar-refractivity contribution in [2.75, 3.05) is 31.6 Å². The van der Waals surface area contributed by atoms with Crippen molar-refractivity contribution in [2.24, 2.45) is 5.92 Å². The number of anilines is 1. The van der Waals surface area contributed by atoms with Gasteiger partial charge in [0.2, 0.25) is 5.91 Å². The molecule has 2 N–H and O–H groups in total. The van der Waals surface area contributed by atoms with Gasteiger partial charge in [-0.25, -0.2) is 4.98 Å². The zero-order chi connectivity index (χ0) is 16.8. The van der Waals surface area contributed by atoms with Crippen LogP contribution in [0, 0.1) is 5.92 Å². The van der Waals surface area contributed by atoms with E-state index in [-0.39, 0.29) is 48.8 Å². The molecule has 1 aliphatic rings. The molecule has 25 heavy (non-hydrogen) atoms. The average molecular weight is 393 g/mol. The van der Waals surface area contributed by atoms with E-state index < -0.39 is 0 Å². The molecular formula is C17H30Cl2N4O2. The summed E-state index contributed by atoms with van der Waals surface area (Å²) in [5.74, 6) is 0.980. The molecule has 1 aromatic rings. The van der Waals surface area contributed by atoms with Gasteiger partial charge in [0.25, 0.3) is 0 Å². The summed E-state index contributed by atoms with van der Waals surface area (Å²) in [5.41, 5.74) is 1.01. The SMILES string of the molecule is CNCC(C)C(=O)NCc1ccc(N2CC(C)OC(C)C2)nc1.Cl.Cl. The molecule has 8 heteroatoms. The van der Waals surface area contributed by atoms with Crippen LogP contribution in [0.4, 0.5) is 5.82 Å². The van der Waals surface area contributed by atoms with Crippen LogP contribution in [0.1, 0.15) is 26.3 Å². The van der Waals surface area contributed by atoms with Gasteiger partial charge in [-0.2, -0.15) is 0 Å². The standard InChI is InChI=1S/C17H28N4O2.2ClH/c1-12(7-18-4)17(22)20-9-15-5-6-16(19-8-15)21-10-13(2)23-14(3)11-21;;/h5-6,8,12-14,18H,7,9-11H2,1-4H3,(H,20,22);2*1H. The topological polar surface area (TPSA) is 66.5 Å². The predicted molar refractivity (Wildman–Crippen MR) is 106 cm³/mol. The second-order valence-electron chi connectivity index (χ2n) is 6.36. The summed E-state index contributed by atoms with van der Waals surface area (Å²) < 4.78 is 5.75. The van der Waals surface area contributed by atoms with Crippen molar-refractivity contribution in [1.29, 1.82) is 0 Å². The van der Waals surface area contributed by atoms with Crippen molar-refractivity contribution in [3.63, 3.8) is 0 Å². The molecule has 1 fully saturated rings. The Morgan fingerprint density at radius 1 is 1.32 bits per heavy atom. The minimum Gasteiger partial charge on any atom is -0.372 e. The fraction of sp³-hybridized carbons (Fsp3) is 0.647. The predicted octanol–water partition coefficient (Wildman–Crippen LogP) is 2.01. The van der Waals surface area contributed by atoms with E-state index in [4.69, 9.17) is 4.74 Å². The number of morpholine rings is 1. The minimum absolute atomic E-state index is 0. The number of aromatic nitrogens is 1. The summed E-state index contributed by atoms with van der Waals surface area (Å²) in [5, 5.41) is 5.95. The van der Waals surface area contributed by atoms with Crippen LogP contribution < -0.4 is 15.5 Å². The molecular weight excluding hydrogens is 363 g/mol. The average Bonchev–Trinajstić information content (AvgIpc) is 2.52. The van der Waals surface area contributed by atoms with Crippen molar-refractivity contribution in [2.45, 2.75) is 39.5 Å². The molecule has 2 rings (SSSR count). The molecule has 0 spiro atoms. The molecule has 3 unspecified atom stereocenters. The van der Waals surface area contributed by atoms with E-state index in [0.717, 1.165) is 24.5 Å². The lowest BCUT2D eigenvalue weighted by Gasteiger charge is -2.36. The molecule has 2 heterocycles. The van der Waals surface area contributed by atoms with E-state index >= 15 is 0 Å². The van der Waals surface area contributed by atoms with Gasteiger partial charge in [0, 0.05) is 38.3 Å². The highest BCUT2D eigenvalue weighted by Crippen LogP contribution is 2.18. The summed E-state index contributed by atoms with van der Waals surface area (Å²) in [6, 6.07) is 4.04. The normalized spacial score (nSPS) is 20.9. The summed E-state index contributed by atoms with van der Waals surface area (Å²) >= 11 is 0. The molecule has 1 amide bonds. The first kappa shape index (κ1) is 23.9. The van der Waals surface area contributed by atoms with E-state index in [1.54, 1.807) is 0 Å². The molecule has 0 aromatic carbocycles. The highest BCUT2D eigenvalue weighted by molar-refractivity contribution is 5.85. The van der Waals surface area contributed by atoms with Crippen LogP contribution in [-0.4, -0.2) is 49.8 Å². The lowest BCUT2D eigenvalue weighted by Crippen LogP contribution is -2.45. The fourth-order valence-electron chi connectivity index (χ4n) is 2.84. The Labute approximate surface area is 162 Å². The fourth-order valence-corrected chi connectivity index (χ4v) is 2.84. The summed E-state index contributed by atoms with van der Waals surface area (Å²) in [7, 11) is 1.85. The molecule has 0 radical (unpaired) electrons. The van der Waals surface area contributed by atoms with Gasteiger partial charge < -0.3 is 20.3 Å². The maximum absolute atomic E-state index is 11.9. The maximum Gasteiger partial charge on any atom is 0.224 e. The van der Waals surface area contributed by atoms with Crippen LogP contribution in [0.3, 0.4) is 0 Å². The minimum atomic E-state index is -0.0384. The Hall–Kier alpha value is -1.08. The highest BCUT2D eigenvalue weighted by atomic mass is 35.5. The molecule has 144 valence electrons. The van der Waals surface area contributed by atoms with Crippen molar-refractivity contribution < 1.29 is 9.53 Å². The monoisotopic (exact) mass is 392 g/mol. The van der Waals surface area contributed by atoms with Gasteiger partial charge in [-0.05, 0) is 32.5 Å². The number of rotatable bonds is 6. The van der Waals surface area contributed by atoms with Gasteiger partial charge in [0.05, 0.1) is 12.2 Å². The van der Waals surface area contributed by atoms with E-state index in [9.17, 15) is 4.79 Å². The zero-order valence-electron chi connectivity index (χ0n) is 15.3. The number of carbonyl (C=O) groups excluding carboxylic acids is 1. The number of amides is 1. The number of nitrogens with zero attached hydrogens (tertiary/aromatic N) is 2. The molecule has 0 aliphatic carbocycles. The third kappa shape index (κ3) is 7.36. The van der Waals surface area contributed by atoms with E-state index in [1.807, 2.05) is 32.3 Å². The number of hydrogen-bond acceptors (Lipinski definition) is 5. The number of ether oxygens (including phenoxy) is 1. The molecule has 0 saturated carbocycles. The molecule has 3 atom stereocenters. The van der Waals surface area contributed by atoms with Crippen LogP contribution in [0.5, 0.6) is 0 Å². The Morgan fingerprint density at radius 3 is 2.48 bits per heavy atom. The Kier molecular flexibility index (Phi) is 11.0. The van der Waals surface area contributed by atoms with Crippen LogP contribution in [0.25, 0.3) is 0 Å². The first-order chi connectivity index (χ1) is 11.0. The lowest BCUT2D eigenvalue weighted by molar-refractivity contribution is -0.124. The Balaban J connectivity index is 0.00000288. The maximum atomic E-state index is 11.9. The van der Waals surface area contributed by atoms with Crippen molar-refractivity contribution >= 4 is 36.5 Å². The number of halogens is 2. The van der Waals surface area contributed by atoms with Crippen molar-refractivity contribution in [3.05, 3.63) is 23.9 Å². The first-order valence-corrected chi connectivity index (χ1v) is 8.27. The zero-order valence-corrected chi connectivity index (χ0v) is 17.0. The summed E-state index contributed by atoms with van der Waals surface area (Å²) in [4.78, 5) is 18.7. The Morgan fingerprint density at radius 2 is 1.96 bits per heavy atom. The molecule has 0 bridgehead atoms. The number of carbonyl (C=O) groups is 1. The molecule has 6 nitrogen and oxygen atoms in total. The highest BCUT2D eigenvalue weighted by Gasteiger charge is 2.23. The van der Waals surface area contributed by atoms with Crippen LogP contribution in [0.15, 0.2) is 18.3 Å². The van der Waals surface area contributed by atoms with E-state index in [2.05, 4.69) is 34.4 Å². The molecule has 1 aliphatic heterocycles. The summed E-state index contributed by atoms with van der Waals surface area (Å²) in [6.45, 7) is 8.97. The second kappa shape index (κ2) is 11.5. The van der Waals surface area contributed by atoms with Crippen molar-refractivity contribution in [1.82, 2.24) is 15.6 Å². The van der Waals surface area contributed by atoms with Crippen LogP contribution in [-0.2, 0) is 16.1 Å². The van der Waals surface area contributed by atoms with Crippen LogP contribution in [0.2, 0.25) is 0 Å². The van der Waals surface area contributed by atoms with Gasteiger partial charge in [-0.15, -0.1) is 24.8 Å². The first-order valence-electron chi connectivity index (χ1n) is 8.27. The number of nitrogens with one attached hydrogen (secondary N) is 2. The van der Waals surface area contributed by atoms with E-state index in [0.29, 0.717) is 13.1 Å². The number of hydrogen-bond donors (Lipinski definition) is 2. The molecule has 1 saturated heterocycles. The van der Waals surface area contributed by atoms with Crippen LogP contribution >= 0.6 is 24.8 Å². The van der Waals surface area contributed by atoms with Gasteiger partial charge in [-0.1, -0.05) is 13.0 Å². The van der Waals surface area contributed by atoms with Gasteiger partial charge in [-0.3, -0.25) is 4.79 Å². The smallest absolute Gasteiger partial charge is 0.224 e. The van der Waals surface area contributed by atoms with Gasteiger partial charge in [0.15, 0.2) is 0 Å². The quantitative estimate of drug-likeness (QED) is 0.774. The Bertz CT molecular complexity index is 506. The van der Waals surface area contributed by atoms with Gasteiger partial charge >= 0.3 is 0 Å². The largest absolute Gasteiger partial charge is 0.372 e. The third-order valence-electron chi connectivity index (χ3n) is 3.98.